The van der Waals surface area contributed by atoms with Gasteiger partial charge in [0.25, 0.3) is 0 Å². The van der Waals surface area contributed by atoms with Crippen LogP contribution in [-0.4, -0.2) is 41.4 Å². The van der Waals surface area contributed by atoms with Crippen LogP contribution in [0.5, 0.6) is 11.5 Å². The number of nitrogens with zero attached hydrogens (tertiary/aromatic N) is 1. The van der Waals surface area contributed by atoms with Crippen LogP contribution >= 0.6 is 15.9 Å². The number of phenolic OH excluding ortho intramolecular Hbond substituents is 1. The van der Waals surface area contributed by atoms with Crippen LogP contribution in [0, 0.1) is 17.8 Å². The number of hydrogen-bond acceptors (Lipinski definition) is 7. The molecule has 0 aromatic heterocycles. The molecule has 0 spiro atoms. The summed E-state index contributed by atoms with van der Waals surface area (Å²) in [5, 5.41) is 10.6. The molecule has 2 amide bonds. The second-order valence-corrected chi connectivity index (χ2v) is 12.4. The number of ether oxygens (including phenoxy) is 1. The first-order valence-corrected chi connectivity index (χ1v) is 15.3. The Labute approximate surface area is 266 Å². The fraction of sp³-hybridized carbons (Fsp3) is 0.194. The molecule has 224 valence electrons. The maximum Gasteiger partial charge on any atom is 0.238 e. The molecule has 45 heavy (non-hydrogen) atoms. The molecule has 1 saturated heterocycles. The number of Topliss-reactive ketones (excluding diaryl/α,β-unsaturated/α-hetero) is 1. The third kappa shape index (κ3) is 4.52. The highest BCUT2D eigenvalue weighted by molar-refractivity contribution is 9.12. The predicted molar refractivity (Wildman–Crippen MR) is 168 cm³/mol. The zero-order valence-electron chi connectivity index (χ0n) is 24.0. The van der Waals surface area contributed by atoms with E-state index in [1.165, 1.54) is 24.2 Å². The molecule has 7 rings (SSSR count). The van der Waals surface area contributed by atoms with Gasteiger partial charge in [-0.05, 0) is 76.7 Å². The summed E-state index contributed by atoms with van der Waals surface area (Å²) >= 11 is 3.23. The first kappa shape index (κ1) is 28.9. The molecule has 8 nitrogen and oxygen atoms in total. The number of carbonyl (C=O) groups excluding carboxylic acids is 5. The number of rotatable bonds is 5. The van der Waals surface area contributed by atoms with Crippen LogP contribution in [0.25, 0.3) is 0 Å². The van der Waals surface area contributed by atoms with Crippen molar-refractivity contribution in [3.8, 4) is 11.5 Å². The topological polar surface area (TPSA) is 118 Å². The highest BCUT2D eigenvalue weighted by atomic mass is 79.9. The van der Waals surface area contributed by atoms with Gasteiger partial charge < -0.3 is 9.84 Å². The van der Waals surface area contributed by atoms with Crippen molar-refractivity contribution in [1.82, 2.24) is 0 Å². The number of halogens is 1. The van der Waals surface area contributed by atoms with Gasteiger partial charge in [-0.3, -0.25) is 28.9 Å². The minimum absolute atomic E-state index is 0.118. The van der Waals surface area contributed by atoms with Crippen molar-refractivity contribution >= 4 is 50.8 Å². The second kappa shape index (κ2) is 10.9. The summed E-state index contributed by atoms with van der Waals surface area (Å²) in [6, 6.07) is 20.1. The number of methoxy groups -OCH3 is 1. The van der Waals surface area contributed by atoms with Gasteiger partial charge in [-0.15, -0.1) is 0 Å². The average molecular weight is 665 g/mol. The second-order valence-electron chi connectivity index (χ2n) is 11.6. The molecule has 0 bridgehead atoms. The van der Waals surface area contributed by atoms with Gasteiger partial charge in [-0.2, -0.15) is 0 Å². The van der Waals surface area contributed by atoms with Crippen LogP contribution in [0.2, 0.25) is 0 Å². The Morgan fingerprint density at radius 3 is 2.31 bits per heavy atom. The van der Waals surface area contributed by atoms with E-state index < -0.39 is 23.7 Å². The molecule has 4 atom stereocenters. The minimum Gasteiger partial charge on any atom is -0.504 e. The van der Waals surface area contributed by atoms with E-state index in [-0.39, 0.29) is 58.0 Å². The lowest BCUT2D eigenvalue weighted by Gasteiger charge is -2.42. The van der Waals surface area contributed by atoms with Crippen molar-refractivity contribution < 1.29 is 33.8 Å². The molecule has 4 unspecified atom stereocenters. The first-order valence-electron chi connectivity index (χ1n) is 14.5. The lowest BCUT2D eigenvalue weighted by atomic mass is 9.59. The summed E-state index contributed by atoms with van der Waals surface area (Å²) in [4.78, 5) is 68.9. The van der Waals surface area contributed by atoms with Crippen molar-refractivity contribution in [2.24, 2.45) is 17.8 Å². The van der Waals surface area contributed by atoms with E-state index in [0.717, 1.165) is 5.57 Å². The van der Waals surface area contributed by atoms with Crippen molar-refractivity contribution in [3.05, 3.63) is 123 Å². The normalized spacial score (nSPS) is 24.1. The molecule has 3 aromatic rings. The van der Waals surface area contributed by atoms with Crippen LogP contribution in [0.15, 0.2) is 106 Å². The van der Waals surface area contributed by atoms with Crippen molar-refractivity contribution in [3.63, 3.8) is 0 Å². The zero-order chi connectivity index (χ0) is 31.6. The quantitative estimate of drug-likeness (QED) is 0.163. The SMILES string of the molecule is COc1ccc(C2C3=CCC4C(=O)N(c5ccc(C(=O)c6ccccc6)cc5)C(=O)C4C3CC3=C2C(=O)C=C(Br)C3=O)cc1O. The van der Waals surface area contributed by atoms with Crippen LogP contribution < -0.4 is 9.64 Å². The van der Waals surface area contributed by atoms with E-state index in [1.807, 2.05) is 12.1 Å². The molecule has 0 saturated carbocycles. The van der Waals surface area contributed by atoms with Gasteiger partial charge in [-0.25, -0.2) is 0 Å². The number of amides is 2. The van der Waals surface area contributed by atoms with Gasteiger partial charge >= 0.3 is 0 Å². The van der Waals surface area contributed by atoms with Crippen molar-refractivity contribution in [1.29, 1.82) is 0 Å². The average Bonchev–Trinajstić information content (AvgIpc) is 3.32. The molecule has 1 aliphatic heterocycles. The Balaban J connectivity index is 1.26. The number of ketones is 3. The van der Waals surface area contributed by atoms with E-state index in [1.54, 1.807) is 60.7 Å². The maximum atomic E-state index is 14.2. The van der Waals surface area contributed by atoms with Crippen molar-refractivity contribution in [2.45, 2.75) is 18.8 Å². The number of hydrogen-bond donors (Lipinski definition) is 1. The maximum absolute atomic E-state index is 14.2. The Kier molecular flexibility index (Phi) is 7.00. The van der Waals surface area contributed by atoms with E-state index >= 15 is 0 Å². The number of allylic oxidation sites excluding steroid dienone is 6. The van der Waals surface area contributed by atoms with Gasteiger partial charge in [-0.1, -0.05) is 48.0 Å². The van der Waals surface area contributed by atoms with E-state index in [0.29, 0.717) is 33.5 Å². The molecule has 3 aliphatic carbocycles. The number of imide groups is 1. The molecule has 3 aromatic carbocycles. The van der Waals surface area contributed by atoms with E-state index in [4.69, 9.17) is 4.74 Å². The number of aromatic hydroxyl groups is 1. The number of anilines is 1. The van der Waals surface area contributed by atoms with Crippen LogP contribution in [-0.2, 0) is 19.2 Å². The Bertz CT molecular complexity index is 1920. The van der Waals surface area contributed by atoms with Crippen LogP contribution in [0.1, 0.15) is 40.2 Å². The highest BCUT2D eigenvalue weighted by Gasteiger charge is 2.56. The molecular formula is C36H26BrNO7. The fourth-order valence-electron chi connectivity index (χ4n) is 7.25. The molecule has 0 radical (unpaired) electrons. The molecule has 1 N–H and O–H groups in total. The summed E-state index contributed by atoms with van der Waals surface area (Å²) in [5.41, 5.74) is 3.32. The minimum atomic E-state index is -0.751. The van der Waals surface area contributed by atoms with Gasteiger partial charge in [0, 0.05) is 34.3 Å². The smallest absolute Gasteiger partial charge is 0.238 e. The fourth-order valence-corrected chi connectivity index (χ4v) is 7.69. The number of benzene rings is 3. The van der Waals surface area contributed by atoms with Gasteiger partial charge in [0.1, 0.15) is 0 Å². The lowest BCUT2D eigenvalue weighted by Crippen LogP contribution is -2.39. The molecule has 9 heteroatoms. The third-order valence-electron chi connectivity index (χ3n) is 9.29. The number of carbonyl (C=O) groups is 5. The van der Waals surface area contributed by atoms with E-state index in [2.05, 4.69) is 15.9 Å². The largest absolute Gasteiger partial charge is 0.504 e. The summed E-state index contributed by atoms with van der Waals surface area (Å²) in [6.45, 7) is 0. The molecule has 4 aliphatic rings. The molecule has 1 fully saturated rings. The van der Waals surface area contributed by atoms with Crippen LogP contribution in [0.4, 0.5) is 5.69 Å². The number of fused-ring (bicyclic) bond motifs is 3. The zero-order valence-corrected chi connectivity index (χ0v) is 25.6. The molecule has 1 heterocycles. The summed E-state index contributed by atoms with van der Waals surface area (Å²) in [7, 11) is 1.44. The Hall–Kier alpha value is -4.89. The van der Waals surface area contributed by atoms with Gasteiger partial charge in [0.15, 0.2) is 28.8 Å². The summed E-state index contributed by atoms with van der Waals surface area (Å²) in [6.07, 6.45) is 3.60. The van der Waals surface area contributed by atoms with Crippen LogP contribution in [0.3, 0.4) is 0 Å². The predicted octanol–water partition coefficient (Wildman–Crippen LogP) is 5.60. The Morgan fingerprint density at radius 2 is 1.62 bits per heavy atom. The third-order valence-corrected chi connectivity index (χ3v) is 9.88. The van der Waals surface area contributed by atoms with E-state index in [9.17, 15) is 29.1 Å². The summed E-state index contributed by atoms with van der Waals surface area (Å²) < 4.78 is 5.35. The van der Waals surface area contributed by atoms with Gasteiger partial charge in [0.2, 0.25) is 11.8 Å². The lowest BCUT2D eigenvalue weighted by molar-refractivity contribution is -0.123. The van der Waals surface area contributed by atoms with Gasteiger partial charge in [0.05, 0.1) is 29.1 Å². The standard InChI is InChI=1S/C36H26BrNO7/c1-45-29-14-9-20(15-27(29)39)30-22-12-13-23-31(24(22)16-25-32(30)28(40)17-26(37)34(25)42)36(44)38(35(23)43)21-10-7-19(8-11-21)33(41)18-5-3-2-4-6-18/h2-12,14-15,17,23-24,30-31,39H,13,16H2,1H3. The molecular weight excluding hydrogens is 638 g/mol. The summed E-state index contributed by atoms with van der Waals surface area (Å²) in [5.74, 6) is -4.01. The monoisotopic (exact) mass is 663 g/mol. The number of phenols is 1. The highest BCUT2D eigenvalue weighted by Crippen LogP contribution is 2.56. The first-order chi connectivity index (χ1) is 21.7. The van der Waals surface area contributed by atoms with Crippen molar-refractivity contribution in [2.75, 3.05) is 12.0 Å². The Morgan fingerprint density at radius 1 is 0.911 bits per heavy atom.